The van der Waals surface area contributed by atoms with E-state index in [1.807, 2.05) is 30.0 Å². The van der Waals surface area contributed by atoms with Crippen LogP contribution in [0.2, 0.25) is 0 Å². The molecule has 2 saturated heterocycles. The van der Waals surface area contributed by atoms with Gasteiger partial charge in [-0.25, -0.2) is 4.98 Å². The fraction of sp³-hybridized carbons (Fsp3) is 0.425. The molecule has 2 fully saturated rings. The largest absolute Gasteiger partial charge is 0.496 e. The minimum Gasteiger partial charge on any atom is -0.496 e. The molecule has 2 aliphatic rings. The Kier molecular flexibility index (Phi) is 11.5. The number of carbonyl (C=O) groups is 1. The lowest BCUT2D eigenvalue weighted by Gasteiger charge is -2.33. The van der Waals surface area contributed by atoms with Crippen LogP contribution in [0.3, 0.4) is 0 Å². The van der Waals surface area contributed by atoms with Crippen molar-refractivity contribution in [2.24, 2.45) is 4.99 Å². The number of hydrogen-bond acceptors (Lipinski definition) is 7. The van der Waals surface area contributed by atoms with Crippen LogP contribution in [-0.2, 0) is 16.7 Å². The molecule has 3 aromatic carbocycles. The number of amides is 1. The normalized spacial score (nSPS) is 18.5. The zero-order valence-electron chi connectivity index (χ0n) is 29.8. The molecule has 1 aromatic heterocycles. The van der Waals surface area contributed by atoms with Crippen molar-refractivity contribution in [3.63, 3.8) is 0 Å². The van der Waals surface area contributed by atoms with E-state index < -0.39 is 0 Å². The van der Waals surface area contributed by atoms with Gasteiger partial charge in [0.2, 0.25) is 5.95 Å². The van der Waals surface area contributed by atoms with Crippen LogP contribution in [0, 0.1) is 0 Å². The number of para-hydroxylation sites is 2. The quantitative estimate of drug-likeness (QED) is 0.0911. The molecule has 0 aliphatic carbocycles. The Balaban J connectivity index is 1.17. The smallest absolute Gasteiger partial charge is 0.257 e. The number of benzene rings is 3. The first-order chi connectivity index (χ1) is 24.5. The van der Waals surface area contributed by atoms with Crippen molar-refractivity contribution in [3.05, 3.63) is 96.7 Å². The Hall–Kier alpha value is -4.67. The molecular formula is C40H51N7O3. The molecule has 1 amide bonds. The highest BCUT2D eigenvalue weighted by Crippen LogP contribution is 2.39. The van der Waals surface area contributed by atoms with Gasteiger partial charge >= 0.3 is 0 Å². The number of hydrogen-bond donors (Lipinski definition) is 0. The number of nitrogens with zero attached hydrogens (tertiary/aromatic N) is 7. The van der Waals surface area contributed by atoms with Crippen molar-refractivity contribution >= 4 is 34.9 Å². The van der Waals surface area contributed by atoms with Gasteiger partial charge in [-0.1, -0.05) is 49.0 Å². The summed E-state index contributed by atoms with van der Waals surface area (Å²) < 4.78 is 13.7. The maximum Gasteiger partial charge on any atom is 0.257 e. The molecule has 1 unspecified atom stereocenters. The Morgan fingerprint density at radius 3 is 2.62 bits per heavy atom. The number of anilines is 2. The van der Waals surface area contributed by atoms with Crippen molar-refractivity contribution in [3.8, 4) is 5.75 Å². The Labute approximate surface area is 296 Å². The van der Waals surface area contributed by atoms with Gasteiger partial charge in [0.1, 0.15) is 5.75 Å². The van der Waals surface area contributed by atoms with Crippen LogP contribution in [0.1, 0.15) is 42.1 Å². The van der Waals surface area contributed by atoms with E-state index in [1.54, 1.807) is 31.6 Å². The standard InChI is InChI=1S/C40H51N7O3/c1-5-44(31-41-3)33-17-18-37(49-4)34(29-33)38(48)46-24-20-40(30-46,32-13-8-7-9-14-32)19-23-43-21-12-22-45(26-25-43)39-42-35-15-10-11-16-36(35)47(39)27-28-50-6-2/h5,7-11,13-18,29,31H,1,6,12,19-28,30H2,2-4H3. The molecule has 10 heteroatoms. The van der Waals surface area contributed by atoms with Crippen LogP contribution in [0.25, 0.3) is 11.0 Å². The van der Waals surface area contributed by atoms with Crippen LogP contribution in [0.15, 0.2) is 90.6 Å². The van der Waals surface area contributed by atoms with E-state index in [9.17, 15) is 4.79 Å². The number of carbonyl (C=O) groups excluding carboxylic acids is 1. The molecule has 0 N–H and O–H groups in total. The van der Waals surface area contributed by atoms with Gasteiger partial charge in [0.25, 0.3) is 5.91 Å². The number of ether oxygens (including phenoxy) is 2. The molecule has 10 nitrogen and oxygen atoms in total. The predicted molar refractivity (Wildman–Crippen MR) is 203 cm³/mol. The maximum absolute atomic E-state index is 14.2. The first-order valence-electron chi connectivity index (χ1n) is 17.9. The summed E-state index contributed by atoms with van der Waals surface area (Å²) in [6, 6.07) is 24.8. The summed E-state index contributed by atoms with van der Waals surface area (Å²) >= 11 is 0. The third-order valence-electron chi connectivity index (χ3n) is 10.3. The summed E-state index contributed by atoms with van der Waals surface area (Å²) in [7, 11) is 3.32. The average molecular weight is 678 g/mol. The van der Waals surface area contributed by atoms with Gasteiger partial charge in [-0.2, -0.15) is 0 Å². The molecule has 1 atom stereocenters. The van der Waals surface area contributed by atoms with Crippen LogP contribution in [-0.4, -0.2) is 105 Å². The van der Waals surface area contributed by atoms with E-state index >= 15 is 0 Å². The molecule has 4 aromatic rings. The van der Waals surface area contributed by atoms with E-state index in [0.717, 1.165) is 81.2 Å². The van der Waals surface area contributed by atoms with Gasteiger partial charge in [0.05, 0.1) is 36.7 Å². The highest BCUT2D eigenvalue weighted by atomic mass is 16.5. The lowest BCUT2D eigenvalue weighted by atomic mass is 9.76. The zero-order chi connectivity index (χ0) is 34.9. The summed E-state index contributed by atoms with van der Waals surface area (Å²) in [5.41, 5.74) is 4.71. The summed E-state index contributed by atoms with van der Waals surface area (Å²) in [5.74, 6) is 1.58. The summed E-state index contributed by atoms with van der Waals surface area (Å²) in [6.07, 6.45) is 6.32. The highest BCUT2D eigenvalue weighted by Gasteiger charge is 2.42. The van der Waals surface area contributed by atoms with Gasteiger partial charge in [-0.3, -0.25) is 9.79 Å². The zero-order valence-corrected chi connectivity index (χ0v) is 29.8. The lowest BCUT2D eigenvalue weighted by molar-refractivity contribution is 0.0777. The SMILES string of the molecule is C=CN(C=NC)c1ccc(OC)c(C(=O)N2CCC(CCN3CCCN(c4nc5ccccc5n4CCOCC)CC3)(c3ccccc3)C2)c1. The van der Waals surface area contributed by atoms with Crippen molar-refractivity contribution in [2.75, 3.05) is 83.0 Å². The van der Waals surface area contributed by atoms with Gasteiger partial charge in [0, 0.05) is 70.2 Å². The van der Waals surface area contributed by atoms with E-state index in [-0.39, 0.29) is 11.3 Å². The van der Waals surface area contributed by atoms with Gasteiger partial charge in [-0.05, 0) is 75.2 Å². The third kappa shape index (κ3) is 7.56. The van der Waals surface area contributed by atoms with Gasteiger partial charge < -0.3 is 33.6 Å². The highest BCUT2D eigenvalue weighted by molar-refractivity contribution is 5.99. The summed E-state index contributed by atoms with van der Waals surface area (Å²) in [5, 5.41) is 0. The first-order valence-corrected chi connectivity index (χ1v) is 17.9. The average Bonchev–Trinajstić information content (AvgIpc) is 3.68. The fourth-order valence-corrected chi connectivity index (χ4v) is 7.55. The topological polar surface area (TPSA) is 78.7 Å². The molecular weight excluding hydrogens is 626 g/mol. The van der Waals surface area contributed by atoms with Crippen LogP contribution in [0.5, 0.6) is 5.75 Å². The van der Waals surface area contributed by atoms with Crippen LogP contribution >= 0.6 is 0 Å². The van der Waals surface area contributed by atoms with E-state index in [1.165, 1.54) is 5.56 Å². The summed E-state index contributed by atoms with van der Waals surface area (Å²) in [6.45, 7) is 14.3. The monoisotopic (exact) mass is 677 g/mol. The predicted octanol–water partition coefficient (Wildman–Crippen LogP) is 6.08. The number of likely N-dealkylation sites (tertiary alicyclic amines) is 1. The Morgan fingerprint density at radius 1 is 1.02 bits per heavy atom. The van der Waals surface area contributed by atoms with Gasteiger partial charge in [0.15, 0.2) is 0 Å². The molecule has 3 heterocycles. The van der Waals surface area contributed by atoms with Gasteiger partial charge in [-0.15, -0.1) is 0 Å². The first kappa shape index (κ1) is 35.2. The second-order valence-corrected chi connectivity index (χ2v) is 13.2. The van der Waals surface area contributed by atoms with Crippen molar-refractivity contribution < 1.29 is 14.3 Å². The molecule has 0 spiro atoms. The second-order valence-electron chi connectivity index (χ2n) is 13.2. The number of imidazole rings is 1. The molecule has 6 rings (SSSR count). The Morgan fingerprint density at radius 2 is 1.84 bits per heavy atom. The minimum absolute atomic E-state index is 0.0170. The van der Waals surface area contributed by atoms with E-state index in [0.29, 0.717) is 37.6 Å². The van der Waals surface area contributed by atoms with E-state index in [2.05, 4.69) is 80.5 Å². The minimum atomic E-state index is -0.136. The lowest BCUT2D eigenvalue weighted by Crippen LogP contribution is -2.39. The number of aromatic nitrogens is 2. The fourth-order valence-electron chi connectivity index (χ4n) is 7.55. The molecule has 50 heavy (non-hydrogen) atoms. The number of rotatable bonds is 14. The van der Waals surface area contributed by atoms with Crippen LogP contribution in [0.4, 0.5) is 11.6 Å². The maximum atomic E-state index is 14.2. The second kappa shape index (κ2) is 16.4. The van der Waals surface area contributed by atoms with Crippen molar-refractivity contribution in [1.82, 2.24) is 19.4 Å². The van der Waals surface area contributed by atoms with E-state index in [4.69, 9.17) is 14.5 Å². The molecule has 0 radical (unpaired) electrons. The number of methoxy groups -OCH3 is 1. The van der Waals surface area contributed by atoms with Crippen LogP contribution < -0.4 is 14.5 Å². The molecule has 264 valence electrons. The number of fused-ring (bicyclic) bond motifs is 1. The molecule has 0 saturated carbocycles. The molecule has 0 bridgehead atoms. The van der Waals surface area contributed by atoms with Crippen molar-refractivity contribution in [1.29, 1.82) is 0 Å². The third-order valence-corrected chi connectivity index (χ3v) is 10.3. The Bertz CT molecular complexity index is 1770. The molecule has 2 aliphatic heterocycles. The van der Waals surface area contributed by atoms with Crippen molar-refractivity contribution in [2.45, 2.75) is 38.1 Å². The summed E-state index contributed by atoms with van der Waals surface area (Å²) in [4.78, 5) is 32.3. The number of aliphatic imine (C=N–C) groups is 1.